The van der Waals surface area contributed by atoms with Crippen molar-refractivity contribution in [3.8, 4) is 0 Å². The van der Waals surface area contributed by atoms with Gasteiger partial charge in [0.25, 0.3) is 0 Å². The maximum absolute atomic E-state index is 12.3. The van der Waals surface area contributed by atoms with E-state index < -0.39 is 13.4 Å². The van der Waals surface area contributed by atoms with Crippen molar-refractivity contribution in [1.29, 1.82) is 0 Å². The number of rotatable bonds is 7. The van der Waals surface area contributed by atoms with Gasteiger partial charge in [0.1, 0.15) is 5.60 Å². The van der Waals surface area contributed by atoms with Crippen molar-refractivity contribution in [3.63, 3.8) is 0 Å². The lowest BCUT2D eigenvalue weighted by molar-refractivity contribution is 0.0150. The highest BCUT2D eigenvalue weighted by atomic mass is 31.2. The molecule has 1 N–H and O–H groups in total. The fraction of sp³-hybridized carbons (Fsp3) is 1.00. The maximum Gasteiger partial charge on any atom is 0.475 e. The van der Waals surface area contributed by atoms with Gasteiger partial charge in [-0.3, -0.25) is 13.6 Å². The Morgan fingerprint density at radius 3 is 1.88 bits per heavy atom. The van der Waals surface area contributed by atoms with Crippen LogP contribution in [-0.4, -0.2) is 29.5 Å². The van der Waals surface area contributed by atoms with Gasteiger partial charge < -0.3 is 5.11 Å². The predicted molar refractivity (Wildman–Crippen MR) is 60.2 cm³/mol. The molecule has 16 heavy (non-hydrogen) atoms. The third-order valence-electron chi connectivity index (χ3n) is 2.08. The molecule has 0 aromatic heterocycles. The first-order valence-corrected chi connectivity index (χ1v) is 7.05. The molecule has 1 aliphatic rings. The molecule has 0 aromatic rings. The molecule has 0 atom stereocenters. The van der Waals surface area contributed by atoms with Gasteiger partial charge in [-0.1, -0.05) is 0 Å². The van der Waals surface area contributed by atoms with Gasteiger partial charge in [0.2, 0.25) is 0 Å². The summed E-state index contributed by atoms with van der Waals surface area (Å²) in [6.07, 6.45) is 0.880. The van der Waals surface area contributed by atoms with Crippen molar-refractivity contribution in [2.75, 3.05) is 6.61 Å². The molecule has 0 aromatic carbocycles. The first-order chi connectivity index (χ1) is 7.31. The van der Waals surface area contributed by atoms with E-state index in [-0.39, 0.29) is 18.8 Å². The van der Waals surface area contributed by atoms with Crippen LogP contribution in [0.2, 0.25) is 0 Å². The van der Waals surface area contributed by atoms with Crippen LogP contribution in [0.25, 0.3) is 0 Å². The molecule has 0 amide bonds. The van der Waals surface area contributed by atoms with Crippen LogP contribution in [0.15, 0.2) is 0 Å². The highest BCUT2D eigenvalue weighted by Gasteiger charge is 2.50. The summed E-state index contributed by atoms with van der Waals surface area (Å²) in [6.45, 7) is 6.90. The zero-order chi connectivity index (χ0) is 12.4. The Hall–Kier alpha value is 0.0700. The van der Waals surface area contributed by atoms with Crippen molar-refractivity contribution in [2.24, 2.45) is 0 Å². The molecule has 1 saturated carbocycles. The Kier molecular flexibility index (Phi) is 4.55. The number of hydrogen-bond acceptors (Lipinski definition) is 5. The average Bonchev–Trinajstić information content (AvgIpc) is 2.81. The van der Waals surface area contributed by atoms with Gasteiger partial charge in [-0.05, 0) is 40.5 Å². The number of aliphatic hydroxyl groups is 1. The molecule has 0 bridgehead atoms. The Balaban J connectivity index is 2.66. The monoisotopic (exact) mass is 252 g/mol. The Labute approximate surface area is 96.7 Å². The quantitative estimate of drug-likeness (QED) is 0.705. The molecule has 5 nitrogen and oxygen atoms in total. The lowest BCUT2D eigenvalue weighted by Gasteiger charge is -2.25. The zero-order valence-corrected chi connectivity index (χ0v) is 11.2. The second-order valence-corrected chi connectivity index (χ2v) is 6.19. The SMILES string of the molecule is CC(C)OP(=O)(OC(C)C)OC1(CO)CC1. The summed E-state index contributed by atoms with van der Waals surface area (Å²) in [5.41, 5.74) is -0.709. The van der Waals surface area contributed by atoms with E-state index in [1.807, 2.05) is 0 Å². The van der Waals surface area contributed by atoms with Gasteiger partial charge in [-0.25, -0.2) is 4.57 Å². The van der Waals surface area contributed by atoms with E-state index in [2.05, 4.69) is 0 Å². The molecule has 0 unspecified atom stereocenters. The van der Waals surface area contributed by atoms with E-state index in [4.69, 9.17) is 18.7 Å². The standard InChI is InChI=1S/C10H21O5P/c1-8(2)13-16(12,14-9(3)4)15-10(7-11)5-6-10/h8-9,11H,5-7H2,1-4H3. The minimum atomic E-state index is -3.57. The Bertz CT molecular complexity index is 258. The minimum absolute atomic E-state index is 0.153. The van der Waals surface area contributed by atoms with Crippen LogP contribution in [0, 0.1) is 0 Å². The molecule has 1 aliphatic carbocycles. The first kappa shape index (κ1) is 14.1. The van der Waals surface area contributed by atoms with Crippen molar-refractivity contribution >= 4 is 7.82 Å². The minimum Gasteiger partial charge on any atom is -0.393 e. The molecule has 0 heterocycles. The Morgan fingerprint density at radius 1 is 1.19 bits per heavy atom. The van der Waals surface area contributed by atoms with Gasteiger partial charge in [0, 0.05) is 0 Å². The molecule has 0 radical (unpaired) electrons. The lowest BCUT2D eigenvalue weighted by Crippen LogP contribution is -2.21. The Morgan fingerprint density at radius 2 is 1.62 bits per heavy atom. The summed E-state index contributed by atoms with van der Waals surface area (Å²) in [5.74, 6) is 0. The van der Waals surface area contributed by atoms with Crippen LogP contribution in [0.5, 0.6) is 0 Å². The van der Waals surface area contributed by atoms with Crippen LogP contribution in [-0.2, 0) is 18.1 Å². The molecule has 1 fully saturated rings. The van der Waals surface area contributed by atoms with E-state index >= 15 is 0 Å². The normalized spacial score (nSPS) is 19.4. The van der Waals surface area contributed by atoms with E-state index in [0.717, 1.165) is 0 Å². The zero-order valence-electron chi connectivity index (χ0n) is 10.3. The molecule has 96 valence electrons. The van der Waals surface area contributed by atoms with Crippen LogP contribution < -0.4 is 0 Å². The summed E-state index contributed by atoms with van der Waals surface area (Å²) in [5, 5.41) is 9.13. The van der Waals surface area contributed by atoms with Gasteiger partial charge in [-0.2, -0.15) is 0 Å². The van der Waals surface area contributed by atoms with Crippen LogP contribution in [0.3, 0.4) is 0 Å². The lowest BCUT2D eigenvalue weighted by atomic mass is 10.4. The fourth-order valence-electron chi connectivity index (χ4n) is 1.24. The summed E-state index contributed by atoms with van der Waals surface area (Å²) < 4.78 is 28.1. The number of phosphoric acid groups is 1. The molecule has 6 heteroatoms. The van der Waals surface area contributed by atoms with Crippen LogP contribution >= 0.6 is 7.82 Å². The van der Waals surface area contributed by atoms with Gasteiger partial charge >= 0.3 is 7.82 Å². The third kappa shape index (κ3) is 4.15. The van der Waals surface area contributed by atoms with Gasteiger partial charge in [-0.15, -0.1) is 0 Å². The van der Waals surface area contributed by atoms with E-state index in [1.54, 1.807) is 27.7 Å². The van der Waals surface area contributed by atoms with Crippen LogP contribution in [0.4, 0.5) is 0 Å². The summed E-state index contributed by atoms with van der Waals surface area (Å²) in [4.78, 5) is 0. The van der Waals surface area contributed by atoms with Gasteiger partial charge in [0.05, 0.1) is 18.8 Å². The second-order valence-electron chi connectivity index (χ2n) is 4.69. The van der Waals surface area contributed by atoms with Crippen molar-refractivity contribution in [3.05, 3.63) is 0 Å². The molecular formula is C10H21O5P. The van der Waals surface area contributed by atoms with Crippen molar-refractivity contribution in [1.82, 2.24) is 0 Å². The smallest absolute Gasteiger partial charge is 0.393 e. The van der Waals surface area contributed by atoms with Crippen LogP contribution in [0.1, 0.15) is 40.5 Å². The van der Waals surface area contributed by atoms with E-state index in [9.17, 15) is 4.57 Å². The largest absolute Gasteiger partial charge is 0.475 e. The fourth-order valence-corrected chi connectivity index (χ4v) is 3.12. The molecule has 0 aliphatic heterocycles. The average molecular weight is 252 g/mol. The highest BCUT2D eigenvalue weighted by molar-refractivity contribution is 7.48. The number of aliphatic hydroxyl groups excluding tert-OH is 1. The first-order valence-electron chi connectivity index (χ1n) is 5.59. The summed E-state index contributed by atoms with van der Waals surface area (Å²) >= 11 is 0. The molecule has 1 rings (SSSR count). The van der Waals surface area contributed by atoms with Crippen molar-refractivity contribution in [2.45, 2.75) is 58.3 Å². The predicted octanol–water partition coefficient (Wildman–Crippen LogP) is 2.49. The summed E-state index contributed by atoms with van der Waals surface area (Å²) in [6, 6.07) is 0. The molecular weight excluding hydrogens is 231 g/mol. The maximum atomic E-state index is 12.3. The summed E-state index contributed by atoms with van der Waals surface area (Å²) in [7, 11) is -3.57. The molecule has 0 spiro atoms. The number of hydrogen-bond donors (Lipinski definition) is 1. The van der Waals surface area contributed by atoms with E-state index in [0.29, 0.717) is 12.8 Å². The molecule has 0 saturated heterocycles. The van der Waals surface area contributed by atoms with E-state index in [1.165, 1.54) is 0 Å². The highest BCUT2D eigenvalue weighted by Crippen LogP contribution is 2.59. The third-order valence-corrected chi connectivity index (χ3v) is 4.05. The van der Waals surface area contributed by atoms with Crippen molar-refractivity contribution < 1.29 is 23.2 Å². The van der Waals surface area contributed by atoms with Gasteiger partial charge in [0.15, 0.2) is 0 Å². The number of phosphoric ester groups is 1. The topological polar surface area (TPSA) is 65.0 Å². The second kappa shape index (κ2) is 5.15.